The van der Waals surface area contributed by atoms with Crippen molar-refractivity contribution in [3.8, 4) is 0 Å². The first kappa shape index (κ1) is 12.9. The maximum Gasteiger partial charge on any atom is 0.223 e. The van der Waals surface area contributed by atoms with E-state index in [2.05, 4.69) is 36.1 Å². The van der Waals surface area contributed by atoms with E-state index in [1.165, 1.54) is 19.3 Å². The van der Waals surface area contributed by atoms with Gasteiger partial charge in [0.1, 0.15) is 0 Å². The van der Waals surface area contributed by atoms with Gasteiger partial charge in [0, 0.05) is 17.4 Å². The molecule has 3 atom stereocenters. The monoisotopic (exact) mass is 259 g/mol. The fourth-order valence-electron chi connectivity index (χ4n) is 4.58. The van der Waals surface area contributed by atoms with E-state index >= 15 is 0 Å². The Hall–Kier alpha value is -1.12. The first-order valence-corrected chi connectivity index (χ1v) is 7.40. The molecule has 0 radical (unpaired) electrons. The maximum atomic E-state index is 4.56. The molecule has 0 saturated heterocycles. The summed E-state index contributed by atoms with van der Waals surface area (Å²) in [5.41, 5.74) is 2.84. The van der Waals surface area contributed by atoms with E-state index in [4.69, 9.17) is 0 Å². The molecule has 2 aliphatic rings. The van der Waals surface area contributed by atoms with Crippen molar-refractivity contribution >= 4 is 5.95 Å². The summed E-state index contributed by atoms with van der Waals surface area (Å²) in [7, 11) is 0. The smallest absolute Gasteiger partial charge is 0.223 e. The lowest BCUT2D eigenvalue weighted by molar-refractivity contribution is 0.155. The van der Waals surface area contributed by atoms with Crippen molar-refractivity contribution in [2.24, 2.45) is 16.7 Å². The van der Waals surface area contributed by atoms with Gasteiger partial charge in [0.05, 0.1) is 0 Å². The molecule has 2 fully saturated rings. The standard InChI is InChI=1S/C16H25N3/c1-10-8-11(2)18-14(17-10)19-13-15(3,4)12-6-7-16(13,5)9-12/h8,12-13H,6-7,9H2,1-5H3,(H,17,18,19). The highest BCUT2D eigenvalue weighted by Gasteiger charge is 2.59. The molecular weight excluding hydrogens is 234 g/mol. The van der Waals surface area contributed by atoms with Crippen molar-refractivity contribution in [1.29, 1.82) is 0 Å². The van der Waals surface area contributed by atoms with Crippen LogP contribution >= 0.6 is 0 Å². The SMILES string of the molecule is Cc1cc(C)nc(NC2C3(C)CCC(C3)C2(C)C)n1. The molecule has 0 aromatic carbocycles. The normalized spacial score (nSPS) is 35.6. The number of anilines is 1. The summed E-state index contributed by atoms with van der Waals surface area (Å²) in [5, 5.41) is 3.66. The van der Waals surface area contributed by atoms with E-state index in [1.807, 2.05) is 19.9 Å². The third kappa shape index (κ3) is 1.94. The predicted molar refractivity (Wildman–Crippen MR) is 78.1 cm³/mol. The van der Waals surface area contributed by atoms with Crippen LogP contribution in [0.1, 0.15) is 51.4 Å². The highest BCUT2D eigenvalue weighted by Crippen LogP contribution is 2.62. The quantitative estimate of drug-likeness (QED) is 0.879. The van der Waals surface area contributed by atoms with Gasteiger partial charge in [0.15, 0.2) is 0 Å². The first-order valence-electron chi connectivity index (χ1n) is 7.40. The van der Waals surface area contributed by atoms with Gasteiger partial charge < -0.3 is 5.32 Å². The molecule has 2 saturated carbocycles. The van der Waals surface area contributed by atoms with Crippen LogP contribution in [0.15, 0.2) is 6.07 Å². The number of hydrogen-bond donors (Lipinski definition) is 1. The van der Waals surface area contributed by atoms with Crippen LogP contribution in [-0.4, -0.2) is 16.0 Å². The minimum absolute atomic E-state index is 0.341. The minimum Gasteiger partial charge on any atom is -0.350 e. The zero-order chi connectivity index (χ0) is 13.8. The van der Waals surface area contributed by atoms with E-state index in [-0.39, 0.29) is 0 Å². The topological polar surface area (TPSA) is 37.8 Å². The molecule has 0 aliphatic heterocycles. The fourth-order valence-corrected chi connectivity index (χ4v) is 4.58. The second-order valence-electron chi connectivity index (χ2n) is 7.47. The van der Waals surface area contributed by atoms with Crippen molar-refractivity contribution in [3.05, 3.63) is 17.5 Å². The largest absolute Gasteiger partial charge is 0.350 e. The van der Waals surface area contributed by atoms with Crippen LogP contribution in [0.4, 0.5) is 5.95 Å². The van der Waals surface area contributed by atoms with Gasteiger partial charge in [-0.05, 0) is 55.9 Å². The summed E-state index contributed by atoms with van der Waals surface area (Å²) >= 11 is 0. The molecule has 3 unspecified atom stereocenters. The average Bonchev–Trinajstić information content (AvgIpc) is 2.74. The molecule has 1 heterocycles. The zero-order valence-corrected chi connectivity index (χ0v) is 12.7. The van der Waals surface area contributed by atoms with Crippen LogP contribution in [-0.2, 0) is 0 Å². The molecule has 1 N–H and O–H groups in total. The number of nitrogens with zero attached hydrogens (tertiary/aromatic N) is 2. The van der Waals surface area contributed by atoms with Gasteiger partial charge in [-0.3, -0.25) is 0 Å². The summed E-state index contributed by atoms with van der Waals surface area (Å²) in [4.78, 5) is 9.11. The van der Waals surface area contributed by atoms with Crippen LogP contribution in [0.5, 0.6) is 0 Å². The molecule has 0 spiro atoms. The van der Waals surface area contributed by atoms with Gasteiger partial charge in [-0.25, -0.2) is 9.97 Å². The van der Waals surface area contributed by atoms with Crippen LogP contribution in [0.25, 0.3) is 0 Å². The lowest BCUT2D eigenvalue weighted by Crippen LogP contribution is -2.46. The van der Waals surface area contributed by atoms with Crippen LogP contribution in [0.3, 0.4) is 0 Å². The molecule has 0 amide bonds. The predicted octanol–water partition coefficient (Wildman–Crippen LogP) is 3.72. The molecule has 3 heteroatoms. The summed E-state index contributed by atoms with van der Waals surface area (Å²) in [6.45, 7) is 11.3. The van der Waals surface area contributed by atoms with Crippen LogP contribution in [0, 0.1) is 30.6 Å². The highest BCUT2D eigenvalue weighted by atomic mass is 15.1. The second-order valence-corrected chi connectivity index (χ2v) is 7.47. The minimum atomic E-state index is 0.341. The van der Waals surface area contributed by atoms with Gasteiger partial charge in [-0.15, -0.1) is 0 Å². The molecule has 2 bridgehead atoms. The van der Waals surface area contributed by atoms with Gasteiger partial charge in [-0.1, -0.05) is 20.8 Å². The van der Waals surface area contributed by atoms with E-state index in [0.29, 0.717) is 16.9 Å². The maximum absolute atomic E-state index is 4.56. The molecule has 19 heavy (non-hydrogen) atoms. The summed E-state index contributed by atoms with van der Waals surface area (Å²) in [5.74, 6) is 1.66. The molecule has 3 nitrogen and oxygen atoms in total. The van der Waals surface area contributed by atoms with Gasteiger partial charge in [0.25, 0.3) is 0 Å². The number of hydrogen-bond acceptors (Lipinski definition) is 3. The van der Waals surface area contributed by atoms with Gasteiger partial charge >= 0.3 is 0 Å². The Kier molecular flexibility index (Phi) is 2.67. The number of aromatic nitrogens is 2. The van der Waals surface area contributed by atoms with E-state index in [1.54, 1.807) is 0 Å². The van der Waals surface area contributed by atoms with Crippen LogP contribution < -0.4 is 5.32 Å². The first-order chi connectivity index (χ1) is 8.81. The number of nitrogens with one attached hydrogen (secondary N) is 1. The third-order valence-electron chi connectivity index (χ3n) is 5.53. The van der Waals surface area contributed by atoms with Crippen LogP contribution in [0.2, 0.25) is 0 Å². The Morgan fingerprint density at radius 2 is 1.79 bits per heavy atom. The van der Waals surface area contributed by atoms with E-state index in [0.717, 1.165) is 23.3 Å². The number of fused-ring (bicyclic) bond motifs is 2. The van der Waals surface area contributed by atoms with Crippen molar-refractivity contribution < 1.29 is 0 Å². The van der Waals surface area contributed by atoms with Crippen molar-refractivity contribution in [2.45, 2.75) is 59.9 Å². The summed E-state index contributed by atoms with van der Waals surface area (Å²) in [6, 6.07) is 2.51. The lowest BCUT2D eigenvalue weighted by atomic mass is 9.68. The Morgan fingerprint density at radius 1 is 1.16 bits per heavy atom. The van der Waals surface area contributed by atoms with Crippen molar-refractivity contribution in [3.63, 3.8) is 0 Å². The van der Waals surface area contributed by atoms with Crippen molar-refractivity contribution in [2.75, 3.05) is 5.32 Å². The lowest BCUT2D eigenvalue weighted by Gasteiger charge is -2.43. The number of aryl methyl sites for hydroxylation is 2. The molecular formula is C16H25N3. The van der Waals surface area contributed by atoms with Gasteiger partial charge in [0.2, 0.25) is 5.95 Å². The summed E-state index contributed by atoms with van der Waals surface area (Å²) < 4.78 is 0. The second kappa shape index (κ2) is 3.94. The molecule has 1 aromatic rings. The number of rotatable bonds is 2. The molecule has 2 aliphatic carbocycles. The molecule has 3 rings (SSSR count). The highest BCUT2D eigenvalue weighted by molar-refractivity contribution is 5.33. The molecule has 1 aromatic heterocycles. The fraction of sp³-hybridized carbons (Fsp3) is 0.750. The van der Waals surface area contributed by atoms with E-state index in [9.17, 15) is 0 Å². The Balaban J connectivity index is 1.90. The third-order valence-corrected chi connectivity index (χ3v) is 5.53. The Bertz CT molecular complexity index is 484. The Morgan fingerprint density at radius 3 is 2.32 bits per heavy atom. The summed E-state index contributed by atoms with van der Waals surface area (Å²) in [6.07, 6.45) is 4.07. The van der Waals surface area contributed by atoms with Crippen molar-refractivity contribution in [1.82, 2.24) is 9.97 Å². The average molecular weight is 259 g/mol. The zero-order valence-electron chi connectivity index (χ0n) is 12.7. The van der Waals surface area contributed by atoms with Gasteiger partial charge in [-0.2, -0.15) is 0 Å². The molecule has 104 valence electrons. The van der Waals surface area contributed by atoms with E-state index < -0.39 is 0 Å². The Labute approximate surface area is 116 Å².